The van der Waals surface area contributed by atoms with Crippen molar-refractivity contribution in [2.45, 2.75) is 25.5 Å². The summed E-state index contributed by atoms with van der Waals surface area (Å²) < 4.78 is 1.57. The smallest absolute Gasteiger partial charge is 0.543 e. The summed E-state index contributed by atoms with van der Waals surface area (Å²) in [7, 11) is 0. The van der Waals surface area contributed by atoms with Crippen molar-refractivity contribution in [3.05, 3.63) is 28.8 Å². The molecule has 0 spiro atoms. The number of hydrogen-bond donors (Lipinski definition) is 2. The molecule has 0 radical (unpaired) electrons. The Kier molecular flexibility index (Phi) is 5.32. The molecule has 4 heterocycles. The van der Waals surface area contributed by atoms with Gasteiger partial charge in [-0.3, -0.25) is 14.0 Å². The van der Waals surface area contributed by atoms with Crippen LogP contribution in [-0.4, -0.2) is 60.9 Å². The van der Waals surface area contributed by atoms with Crippen LogP contribution in [0.15, 0.2) is 17.4 Å². The van der Waals surface area contributed by atoms with Crippen LogP contribution in [-0.2, 0) is 9.59 Å². The molecule has 2 aliphatic heterocycles. The number of aliphatic hydroxyl groups is 2. The zero-order valence-corrected chi connectivity index (χ0v) is 17.4. The monoisotopic (exact) mass is 399 g/mol. The van der Waals surface area contributed by atoms with E-state index in [0.717, 1.165) is 0 Å². The summed E-state index contributed by atoms with van der Waals surface area (Å²) in [6.07, 6.45) is 0.765. The molecule has 0 unspecified atom stereocenters. The van der Waals surface area contributed by atoms with Gasteiger partial charge in [0.15, 0.2) is 0 Å². The number of carboxylic acid groups (broad SMARTS) is 1. The Balaban J connectivity index is 0.00000210. The molecule has 27 heavy (non-hydrogen) atoms. The fraction of sp³-hybridized carbons (Fsp3) is 0.375. The van der Waals surface area contributed by atoms with Crippen molar-refractivity contribution in [3.63, 3.8) is 0 Å². The zero-order chi connectivity index (χ0) is 18.7. The largest absolute Gasteiger partial charge is 1.00 e. The normalized spacial score (nSPS) is 22.5. The van der Waals surface area contributed by atoms with E-state index in [4.69, 9.17) is 5.11 Å². The average molecular weight is 399 g/mol. The Labute approximate surface area is 179 Å². The van der Waals surface area contributed by atoms with E-state index in [1.165, 1.54) is 29.5 Å². The van der Waals surface area contributed by atoms with E-state index >= 15 is 0 Å². The molecule has 1 amide bonds. The third-order valence-corrected chi connectivity index (χ3v) is 5.86. The van der Waals surface area contributed by atoms with Gasteiger partial charge in [-0.15, -0.1) is 11.3 Å². The van der Waals surface area contributed by atoms with Crippen molar-refractivity contribution >= 4 is 39.4 Å². The van der Waals surface area contributed by atoms with Crippen LogP contribution in [0.1, 0.15) is 29.5 Å². The minimum Gasteiger partial charge on any atom is -0.543 e. The minimum absolute atomic E-state index is 0. The number of aliphatic carboxylic acids is 1. The zero-order valence-electron chi connectivity index (χ0n) is 14.6. The first-order valence-electron chi connectivity index (χ1n) is 7.91. The summed E-state index contributed by atoms with van der Waals surface area (Å²) in [6.45, 7) is 0.829. The number of carbonyl (C=O) groups is 3. The molecule has 0 bridgehead atoms. The molecular weight excluding hydrogens is 385 g/mol. The third-order valence-electron chi connectivity index (χ3n) is 4.90. The molecule has 9 nitrogen and oxygen atoms in total. The number of β-lactam (4-membered cyclic amide) rings is 1. The van der Waals surface area contributed by atoms with Gasteiger partial charge >= 0.3 is 29.6 Å². The summed E-state index contributed by atoms with van der Waals surface area (Å²) in [5, 5.41) is 32.2. The van der Waals surface area contributed by atoms with E-state index in [1.54, 1.807) is 9.78 Å². The van der Waals surface area contributed by atoms with Crippen molar-refractivity contribution in [1.29, 1.82) is 0 Å². The second-order valence-electron chi connectivity index (χ2n) is 6.33. The number of carbonyl (C=O) groups excluding carboxylic acids is 3. The van der Waals surface area contributed by atoms with Gasteiger partial charge in [-0.1, -0.05) is 0 Å². The summed E-state index contributed by atoms with van der Waals surface area (Å²) >= 11 is 1.19. The van der Waals surface area contributed by atoms with Gasteiger partial charge in [0.25, 0.3) is 0 Å². The number of Topliss-reactive ketones (excluding diaryl/α,β-unsaturated/α-hetero) is 1. The number of aromatic nitrogens is 2. The van der Waals surface area contributed by atoms with Crippen molar-refractivity contribution in [1.82, 2.24) is 14.3 Å². The van der Waals surface area contributed by atoms with Gasteiger partial charge in [-0.2, -0.15) is 0 Å². The second-order valence-corrected chi connectivity index (χ2v) is 7.19. The fourth-order valence-corrected chi connectivity index (χ4v) is 4.78. The first-order chi connectivity index (χ1) is 12.4. The number of amides is 1. The van der Waals surface area contributed by atoms with Crippen LogP contribution in [0.4, 0.5) is 0 Å². The second kappa shape index (κ2) is 7.12. The van der Waals surface area contributed by atoms with E-state index in [9.17, 15) is 24.6 Å². The molecule has 136 valence electrons. The summed E-state index contributed by atoms with van der Waals surface area (Å²) in [4.78, 5) is 41.3. The van der Waals surface area contributed by atoms with Gasteiger partial charge in [0.05, 0.1) is 35.4 Å². The Hall–Kier alpha value is -1.56. The van der Waals surface area contributed by atoms with Gasteiger partial charge < -0.3 is 25.0 Å². The topological polar surface area (TPSA) is 135 Å². The van der Waals surface area contributed by atoms with Crippen LogP contribution < -0.4 is 34.7 Å². The molecular formula is C16H14N3NaO6S. The van der Waals surface area contributed by atoms with Crippen LogP contribution in [0.2, 0.25) is 0 Å². The quantitative estimate of drug-likeness (QED) is 0.295. The number of carboxylic acids is 1. The van der Waals surface area contributed by atoms with E-state index in [1.807, 2.05) is 0 Å². The molecule has 4 rings (SSSR count). The van der Waals surface area contributed by atoms with E-state index < -0.39 is 42.3 Å². The number of aliphatic hydroxyl groups excluding tert-OH is 2. The van der Waals surface area contributed by atoms with E-state index in [2.05, 4.69) is 4.98 Å². The van der Waals surface area contributed by atoms with E-state index in [0.29, 0.717) is 16.1 Å². The molecule has 0 aliphatic carbocycles. The minimum atomic E-state index is -1.47. The van der Waals surface area contributed by atoms with Gasteiger partial charge in [0, 0.05) is 11.0 Å². The van der Waals surface area contributed by atoms with Crippen molar-refractivity contribution in [2.75, 3.05) is 6.61 Å². The number of fused-ring (bicyclic) bond motifs is 2. The molecule has 0 aromatic carbocycles. The number of thiazole rings is 1. The van der Waals surface area contributed by atoms with E-state index in [-0.39, 0.29) is 47.4 Å². The maximum atomic E-state index is 12.3. The number of hydrogen-bond acceptors (Lipinski definition) is 8. The molecule has 1 saturated heterocycles. The molecule has 1 fully saturated rings. The van der Waals surface area contributed by atoms with Gasteiger partial charge in [0.2, 0.25) is 11.7 Å². The first-order valence-corrected chi connectivity index (χ1v) is 8.79. The standard InChI is InChI=1S/C16H15N3O6S.Na/c1-6(21)11-8-2-7(13(16(24)25)19(8)14(11)23)9-4-26-15-12(10(22)3-20)17-5-18(9)15;/h4-6,8,11,20-21H,2-3H2,1H3,(H,24,25);/q;+1/p-1/t6-,8-,11-;/m1./s1. The first kappa shape index (κ1) is 20.2. The van der Waals surface area contributed by atoms with Crippen molar-refractivity contribution in [2.24, 2.45) is 5.92 Å². The van der Waals surface area contributed by atoms with Crippen LogP contribution in [0.25, 0.3) is 10.4 Å². The SMILES string of the molecule is C[C@@H](O)[C@H]1C(=O)N2C(C(=O)[O-])=C(c3csc4c(C(=O)CO)ncn34)C[C@H]12.[Na+]. The number of ketones is 1. The number of imidazole rings is 1. The van der Waals surface area contributed by atoms with Crippen LogP contribution in [0, 0.1) is 5.92 Å². The summed E-state index contributed by atoms with van der Waals surface area (Å²) in [6, 6.07) is -0.428. The predicted molar refractivity (Wildman–Crippen MR) is 86.8 cm³/mol. The fourth-order valence-electron chi connectivity index (χ4n) is 3.76. The van der Waals surface area contributed by atoms with Crippen LogP contribution in [0.3, 0.4) is 0 Å². The molecule has 3 atom stereocenters. The van der Waals surface area contributed by atoms with Crippen LogP contribution in [0.5, 0.6) is 0 Å². The summed E-state index contributed by atoms with van der Waals surface area (Å²) in [5.41, 5.74) is 0.803. The van der Waals surface area contributed by atoms with Gasteiger partial charge in [-0.25, -0.2) is 4.98 Å². The molecule has 0 saturated carbocycles. The Morgan fingerprint density at radius 3 is 2.78 bits per heavy atom. The third kappa shape index (κ3) is 2.79. The maximum absolute atomic E-state index is 12.3. The Bertz CT molecular complexity index is 994. The molecule has 2 N–H and O–H groups in total. The number of rotatable bonds is 5. The van der Waals surface area contributed by atoms with Crippen LogP contribution >= 0.6 is 11.3 Å². The van der Waals surface area contributed by atoms with Crippen molar-refractivity contribution < 1.29 is 59.3 Å². The number of nitrogens with zero attached hydrogens (tertiary/aromatic N) is 3. The maximum Gasteiger partial charge on any atom is 1.00 e. The van der Waals surface area contributed by atoms with Crippen molar-refractivity contribution in [3.8, 4) is 0 Å². The predicted octanol–water partition coefficient (Wildman–Crippen LogP) is -4.35. The van der Waals surface area contributed by atoms with Gasteiger partial charge in [0.1, 0.15) is 23.5 Å². The summed E-state index contributed by atoms with van der Waals surface area (Å²) in [5.74, 6) is -3.08. The average Bonchev–Trinajstić information content (AvgIpc) is 3.24. The molecule has 2 aromatic rings. The Morgan fingerprint density at radius 2 is 2.19 bits per heavy atom. The molecule has 2 aromatic heterocycles. The molecule has 11 heteroatoms. The van der Waals surface area contributed by atoms with Gasteiger partial charge in [-0.05, 0) is 13.3 Å². The Morgan fingerprint density at radius 1 is 1.48 bits per heavy atom. The molecule has 2 aliphatic rings.